The number of amides is 1. The molecule has 2 rings (SSSR count). The van der Waals surface area contributed by atoms with Crippen LogP contribution in [0.3, 0.4) is 0 Å². The van der Waals surface area contributed by atoms with Gasteiger partial charge in [-0.3, -0.25) is 4.79 Å². The molecule has 92 valence electrons. The quantitative estimate of drug-likeness (QED) is 0.612. The Bertz CT molecular complexity index is 531. The first-order valence-electron chi connectivity index (χ1n) is 5.13. The minimum absolute atomic E-state index is 0.185. The van der Waals surface area contributed by atoms with Gasteiger partial charge in [0.05, 0.1) is 23.6 Å². The van der Waals surface area contributed by atoms with E-state index in [1.165, 1.54) is 41.4 Å². The van der Waals surface area contributed by atoms with Gasteiger partial charge in [0.1, 0.15) is 0 Å². The molecule has 0 radical (unpaired) electrons. The van der Waals surface area contributed by atoms with Gasteiger partial charge in [-0.25, -0.2) is 9.97 Å². The molecule has 0 bridgehead atoms. The van der Waals surface area contributed by atoms with E-state index in [0.717, 1.165) is 0 Å². The molecular formula is C11H11N5OS. The van der Waals surface area contributed by atoms with Crippen LogP contribution in [0.25, 0.3) is 0 Å². The highest BCUT2D eigenvalue weighted by atomic mass is 32.2. The van der Waals surface area contributed by atoms with Crippen molar-refractivity contribution in [1.29, 1.82) is 0 Å². The lowest BCUT2D eigenvalue weighted by Crippen LogP contribution is -2.26. The van der Waals surface area contributed by atoms with Gasteiger partial charge >= 0.3 is 0 Å². The maximum Gasteiger partial charge on any atom is 0.261 e. The minimum Gasteiger partial charge on any atom is -0.310 e. The van der Waals surface area contributed by atoms with E-state index in [-0.39, 0.29) is 5.91 Å². The van der Waals surface area contributed by atoms with Crippen LogP contribution in [-0.2, 0) is 0 Å². The van der Waals surface area contributed by atoms with Crippen LogP contribution in [-0.4, -0.2) is 39.4 Å². The fourth-order valence-corrected chi connectivity index (χ4v) is 1.64. The predicted molar refractivity (Wildman–Crippen MR) is 68.6 cm³/mol. The second-order valence-electron chi connectivity index (χ2n) is 3.42. The fourth-order valence-electron chi connectivity index (χ4n) is 1.33. The van der Waals surface area contributed by atoms with E-state index in [2.05, 4.69) is 20.2 Å². The highest BCUT2D eigenvalue weighted by Gasteiger charge is 2.14. The second kappa shape index (κ2) is 5.54. The average Bonchev–Trinajstić information content (AvgIpc) is 2.47. The summed E-state index contributed by atoms with van der Waals surface area (Å²) in [6, 6.07) is 1.71. The van der Waals surface area contributed by atoms with Crippen molar-refractivity contribution in [2.45, 2.75) is 5.16 Å². The number of rotatable bonds is 3. The third-order valence-electron chi connectivity index (χ3n) is 2.32. The third-order valence-corrected chi connectivity index (χ3v) is 2.89. The van der Waals surface area contributed by atoms with Gasteiger partial charge in [0, 0.05) is 19.4 Å². The first-order valence-corrected chi connectivity index (χ1v) is 6.35. The molecule has 18 heavy (non-hydrogen) atoms. The van der Waals surface area contributed by atoms with Crippen LogP contribution in [0.4, 0.5) is 5.69 Å². The third kappa shape index (κ3) is 2.62. The molecule has 0 saturated heterocycles. The van der Waals surface area contributed by atoms with Crippen LogP contribution in [0.15, 0.2) is 36.0 Å². The molecule has 1 amide bonds. The SMILES string of the molecule is CSc1ncc(C(=O)N(C)c2ccnnc2)cn1. The van der Waals surface area contributed by atoms with Gasteiger partial charge in [0.25, 0.3) is 5.91 Å². The number of nitrogens with zero attached hydrogens (tertiary/aromatic N) is 5. The largest absolute Gasteiger partial charge is 0.310 e. The average molecular weight is 261 g/mol. The van der Waals surface area contributed by atoms with E-state index in [9.17, 15) is 4.79 Å². The minimum atomic E-state index is -0.185. The summed E-state index contributed by atoms with van der Waals surface area (Å²) in [7, 11) is 1.67. The Balaban J connectivity index is 2.20. The van der Waals surface area contributed by atoms with Crippen molar-refractivity contribution >= 4 is 23.4 Å². The Morgan fingerprint density at radius 3 is 2.50 bits per heavy atom. The van der Waals surface area contributed by atoms with E-state index < -0.39 is 0 Å². The molecule has 0 aliphatic heterocycles. The molecular weight excluding hydrogens is 250 g/mol. The first kappa shape index (κ1) is 12.4. The summed E-state index contributed by atoms with van der Waals surface area (Å²) in [4.78, 5) is 21.8. The van der Waals surface area contributed by atoms with E-state index in [1.807, 2.05) is 6.26 Å². The number of carbonyl (C=O) groups excluding carboxylic acids is 1. The zero-order chi connectivity index (χ0) is 13.0. The number of hydrogen-bond donors (Lipinski definition) is 0. The van der Waals surface area contributed by atoms with Crippen molar-refractivity contribution in [3.8, 4) is 0 Å². The van der Waals surface area contributed by atoms with Crippen LogP contribution < -0.4 is 4.90 Å². The van der Waals surface area contributed by atoms with Gasteiger partial charge in [0.15, 0.2) is 5.16 Å². The highest BCUT2D eigenvalue weighted by Crippen LogP contribution is 2.13. The maximum atomic E-state index is 12.1. The molecule has 2 aromatic heterocycles. The van der Waals surface area contributed by atoms with Crippen molar-refractivity contribution in [2.75, 3.05) is 18.2 Å². The number of aromatic nitrogens is 4. The van der Waals surface area contributed by atoms with E-state index in [0.29, 0.717) is 16.4 Å². The van der Waals surface area contributed by atoms with Crippen LogP contribution in [0.5, 0.6) is 0 Å². The fraction of sp³-hybridized carbons (Fsp3) is 0.182. The van der Waals surface area contributed by atoms with Crippen molar-refractivity contribution in [3.63, 3.8) is 0 Å². The molecule has 0 aromatic carbocycles. The number of anilines is 1. The van der Waals surface area contributed by atoms with Crippen molar-refractivity contribution < 1.29 is 4.79 Å². The molecule has 0 spiro atoms. The van der Waals surface area contributed by atoms with Crippen LogP contribution >= 0.6 is 11.8 Å². The summed E-state index contributed by atoms with van der Waals surface area (Å²) in [6.07, 6.45) is 7.98. The van der Waals surface area contributed by atoms with Gasteiger partial charge in [-0.05, 0) is 12.3 Å². The number of thioether (sulfide) groups is 1. The van der Waals surface area contributed by atoms with Gasteiger partial charge < -0.3 is 4.90 Å². The summed E-state index contributed by atoms with van der Waals surface area (Å²) in [5.74, 6) is -0.185. The van der Waals surface area contributed by atoms with Crippen molar-refractivity contribution in [3.05, 3.63) is 36.4 Å². The van der Waals surface area contributed by atoms with E-state index in [4.69, 9.17) is 0 Å². The van der Waals surface area contributed by atoms with Gasteiger partial charge in [0.2, 0.25) is 0 Å². The van der Waals surface area contributed by atoms with Gasteiger partial charge in [-0.1, -0.05) is 11.8 Å². The molecule has 0 aliphatic rings. The van der Waals surface area contributed by atoms with Gasteiger partial charge in [-0.2, -0.15) is 10.2 Å². The summed E-state index contributed by atoms with van der Waals surface area (Å²) >= 11 is 1.43. The van der Waals surface area contributed by atoms with Crippen LogP contribution in [0.2, 0.25) is 0 Å². The second-order valence-corrected chi connectivity index (χ2v) is 4.20. The predicted octanol–water partition coefficient (Wildman–Crippen LogP) is 1.27. The zero-order valence-electron chi connectivity index (χ0n) is 9.94. The summed E-state index contributed by atoms with van der Waals surface area (Å²) in [5, 5.41) is 8.04. The number of carbonyl (C=O) groups is 1. The topological polar surface area (TPSA) is 71.9 Å². The molecule has 0 unspecified atom stereocenters. The molecule has 2 heterocycles. The van der Waals surface area contributed by atoms with E-state index in [1.54, 1.807) is 13.1 Å². The van der Waals surface area contributed by atoms with Crippen molar-refractivity contribution in [1.82, 2.24) is 20.2 Å². The Morgan fingerprint density at radius 1 is 1.22 bits per heavy atom. The smallest absolute Gasteiger partial charge is 0.261 e. The lowest BCUT2D eigenvalue weighted by Gasteiger charge is -2.15. The Morgan fingerprint density at radius 2 is 1.94 bits per heavy atom. The number of hydrogen-bond acceptors (Lipinski definition) is 6. The molecule has 0 aliphatic carbocycles. The van der Waals surface area contributed by atoms with Crippen LogP contribution in [0.1, 0.15) is 10.4 Å². The molecule has 7 heteroatoms. The Labute approximate surface area is 108 Å². The summed E-state index contributed by atoms with van der Waals surface area (Å²) < 4.78 is 0. The molecule has 0 saturated carbocycles. The normalized spacial score (nSPS) is 10.1. The Kier molecular flexibility index (Phi) is 3.83. The highest BCUT2D eigenvalue weighted by molar-refractivity contribution is 7.98. The summed E-state index contributed by atoms with van der Waals surface area (Å²) in [6.45, 7) is 0. The van der Waals surface area contributed by atoms with Crippen LogP contribution in [0, 0.1) is 0 Å². The van der Waals surface area contributed by atoms with E-state index >= 15 is 0 Å². The molecule has 2 aromatic rings. The first-order chi connectivity index (χ1) is 8.72. The monoisotopic (exact) mass is 261 g/mol. The summed E-state index contributed by atoms with van der Waals surface area (Å²) in [5.41, 5.74) is 1.11. The Hall–Kier alpha value is -2.02. The lowest BCUT2D eigenvalue weighted by atomic mass is 10.3. The maximum absolute atomic E-state index is 12.1. The zero-order valence-corrected chi connectivity index (χ0v) is 10.8. The van der Waals surface area contributed by atoms with Gasteiger partial charge in [-0.15, -0.1) is 0 Å². The standard InChI is InChI=1S/C11H11N5OS/c1-16(9-3-4-14-15-7-9)10(17)8-5-12-11(18-2)13-6-8/h3-7H,1-2H3. The molecule has 0 fully saturated rings. The molecule has 6 nitrogen and oxygen atoms in total. The molecule has 0 atom stereocenters. The molecule has 0 N–H and O–H groups in total. The van der Waals surface area contributed by atoms with Crippen molar-refractivity contribution in [2.24, 2.45) is 0 Å². The lowest BCUT2D eigenvalue weighted by molar-refractivity contribution is 0.0992.